The SMILES string of the molecule is Cc1ccc(-c2ncc3ccccc3n2)nc1-c1ccc(CC#N)cc1. The summed E-state index contributed by atoms with van der Waals surface area (Å²) in [6.45, 7) is 2.04. The summed E-state index contributed by atoms with van der Waals surface area (Å²) < 4.78 is 0. The summed E-state index contributed by atoms with van der Waals surface area (Å²) in [6, 6.07) is 22.0. The number of pyridine rings is 1. The minimum absolute atomic E-state index is 0.414. The van der Waals surface area contributed by atoms with Gasteiger partial charge < -0.3 is 0 Å². The van der Waals surface area contributed by atoms with Gasteiger partial charge in [0.25, 0.3) is 0 Å². The Kier molecular flexibility index (Phi) is 4.12. The van der Waals surface area contributed by atoms with E-state index in [1.54, 1.807) is 0 Å². The first-order valence-electron chi connectivity index (χ1n) is 8.41. The van der Waals surface area contributed by atoms with Gasteiger partial charge in [0.05, 0.1) is 23.7 Å². The second kappa shape index (κ2) is 6.73. The number of aromatic nitrogens is 3. The highest BCUT2D eigenvalue weighted by atomic mass is 14.9. The van der Waals surface area contributed by atoms with Crippen LogP contribution in [-0.2, 0) is 6.42 Å². The lowest BCUT2D eigenvalue weighted by atomic mass is 10.0. The predicted octanol–water partition coefficient (Wildman–Crippen LogP) is 4.73. The third-order valence-corrected chi connectivity index (χ3v) is 4.33. The molecule has 0 saturated heterocycles. The molecule has 26 heavy (non-hydrogen) atoms. The topological polar surface area (TPSA) is 62.5 Å². The Labute approximate surface area is 151 Å². The van der Waals surface area contributed by atoms with E-state index in [-0.39, 0.29) is 0 Å². The van der Waals surface area contributed by atoms with Crippen molar-refractivity contribution in [2.75, 3.05) is 0 Å². The van der Waals surface area contributed by atoms with E-state index in [2.05, 4.69) is 16.0 Å². The van der Waals surface area contributed by atoms with Crippen LogP contribution < -0.4 is 0 Å². The van der Waals surface area contributed by atoms with Gasteiger partial charge in [0.15, 0.2) is 5.82 Å². The molecule has 0 spiro atoms. The Morgan fingerprint density at radius 1 is 0.923 bits per heavy atom. The molecule has 2 heterocycles. The molecule has 4 nitrogen and oxygen atoms in total. The third-order valence-electron chi connectivity index (χ3n) is 4.33. The molecule has 124 valence electrons. The number of hydrogen-bond donors (Lipinski definition) is 0. The molecule has 2 aromatic carbocycles. The van der Waals surface area contributed by atoms with Crippen LogP contribution in [0.5, 0.6) is 0 Å². The fraction of sp³-hybridized carbons (Fsp3) is 0.0909. The first-order chi connectivity index (χ1) is 12.7. The van der Waals surface area contributed by atoms with Crippen molar-refractivity contribution in [1.82, 2.24) is 15.0 Å². The van der Waals surface area contributed by atoms with Crippen molar-refractivity contribution >= 4 is 10.9 Å². The van der Waals surface area contributed by atoms with Crippen LogP contribution in [0.2, 0.25) is 0 Å². The molecule has 0 radical (unpaired) electrons. The van der Waals surface area contributed by atoms with E-state index in [1.807, 2.05) is 73.8 Å². The highest BCUT2D eigenvalue weighted by molar-refractivity contribution is 5.79. The second-order valence-corrected chi connectivity index (χ2v) is 6.15. The summed E-state index contributed by atoms with van der Waals surface area (Å²) in [7, 11) is 0. The number of aryl methyl sites for hydroxylation is 1. The van der Waals surface area contributed by atoms with E-state index in [4.69, 9.17) is 10.2 Å². The van der Waals surface area contributed by atoms with E-state index in [0.717, 1.165) is 39.0 Å². The molecule has 0 aliphatic heterocycles. The van der Waals surface area contributed by atoms with E-state index >= 15 is 0 Å². The number of benzene rings is 2. The van der Waals surface area contributed by atoms with Gasteiger partial charge in [0, 0.05) is 17.1 Å². The molecule has 0 aliphatic rings. The number of para-hydroxylation sites is 1. The second-order valence-electron chi connectivity index (χ2n) is 6.15. The lowest BCUT2D eigenvalue weighted by molar-refractivity contribution is 1.17. The number of nitriles is 1. The van der Waals surface area contributed by atoms with Crippen molar-refractivity contribution in [1.29, 1.82) is 5.26 Å². The Bertz CT molecular complexity index is 1120. The van der Waals surface area contributed by atoms with E-state index in [0.29, 0.717) is 12.2 Å². The number of rotatable bonds is 3. The summed E-state index contributed by atoms with van der Waals surface area (Å²) in [6.07, 6.45) is 2.24. The lowest BCUT2D eigenvalue weighted by Gasteiger charge is -2.09. The summed E-state index contributed by atoms with van der Waals surface area (Å²) in [4.78, 5) is 13.9. The predicted molar refractivity (Wildman–Crippen MR) is 102 cm³/mol. The zero-order valence-corrected chi connectivity index (χ0v) is 14.3. The standard InChI is InChI=1S/C22H16N4/c1-15-6-11-20(22-24-14-18-4-2-3-5-19(18)26-22)25-21(15)17-9-7-16(8-10-17)12-13-23/h2-11,14H,12H2,1H3. The molecular weight excluding hydrogens is 320 g/mol. The summed E-state index contributed by atoms with van der Waals surface area (Å²) in [5.74, 6) is 0.617. The molecule has 2 aromatic heterocycles. The van der Waals surface area contributed by atoms with Crippen molar-refractivity contribution in [2.45, 2.75) is 13.3 Å². The molecule has 0 bridgehead atoms. The normalized spacial score (nSPS) is 10.6. The van der Waals surface area contributed by atoms with Crippen molar-refractivity contribution in [3.63, 3.8) is 0 Å². The first kappa shape index (κ1) is 15.9. The van der Waals surface area contributed by atoms with E-state index in [1.165, 1.54) is 0 Å². The van der Waals surface area contributed by atoms with Crippen LogP contribution in [0, 0.1) is 18.3 Å². The molecule has 0 aliphatic carbocycles. The number of nitrogens with zero attached hydrogens (tertiary/aromatic N) is 4. The average molecular weight is 336 g/mol. The molecule has 0 N–H and O–H groups in total. The minimum atomic E-state index is 0.414. The van der Waals surface area contributed by atoms with Gasteiger partial charge in [0.1, 0.15) is 5.69 Å². The highest BCUT2D eigenvalue weighted by Gasteiger charge is 2.10. The Morgan fingerprint density at radius 3 is 2.54 bits per heavy atom. The minimum Gasteiger partial charge on any atom is -0.244 e. The van der Waals surface area contributed by atoms with Crippen LogP contribution in [0.15, 0.2) is 66.9 Å². The largest absolute Gasteiger partial charge is 0.244 e. The maximum atomic E-state index is 8.81. The Hall–Kier alpha value is -3.58. The van der Waals surface area contributed by atoms with Crippen LogP contribution in [0.1, 0.15) is 11.1 Å². The van der Waals surface area contributed by atoms with Gasteiger partial charge in [0.2, 0.25) is 0 Å². The molecule has 4 rings (SSSR count). The maximum Gasteiger partial charge on any atom is 0.178 e. The maximum absolute atomic E-state index is 8.81. The molecule has 4 aromatic rings. The zero-order valence-electron chi connectivity index (χ0n) is 14.3. The van der Waals surface area contributed by atoms with Crippen molar-refractivity contribution < 1.29 is 0 Å². The van der Waals surface area contributed by atoms with E-state index in [9.17, 15) is 0 Å². The average Bonchev–Trinajstić information content (AvgIpc) is 2.69. The molecule has 0 unspecified atom stereocenters. The monoisotopic (exact) mass is 336 g/mol. The highest BCUT2D eigenvalue weighted by Crippen LogP contribution is 2.25. The van der Waals surface area contributed by atoms with Crippen LogP contribution in [-0.4, -0.2) is 15.0 Å². The summed E-state index contributed by atoms with van der Waals surface area (Å²) in [5, 5.41) is 9.82. The van der Waals surface area contributed by atoms with Gasteiger partial charge in [-0.25, -0.2) is 15.0 Å². The fourth-order valence-electron chi connectivity index (χ4n) is 2.91. The van der Waals surface area contributed by atoms with Gasteiger partial charge >= 0.3 is 0 Å². The van der Waals surface area contributed by atoms with Crippen molar-refractivity contribution in [3.05, 3.63) is 78.0 Å². The Balaban J connectivity index is 1.76. The van der Waals surface area contributed by atoms with E-state index < -0.39 is 0 Å². The summed E-state index contributed by atoms with van der Waals surface area (Å²) in [5.41, 5.74) is 5.67. The molecule has 0 amide bonds. The van der Waals surface area contributed by atoms with Crippen LogP contribution in [0.4, 0.5) is 0 Å². The summed E-state index contributed by atoms with van der Waals surface area (Å²) >= 11 is 0. The molecule has 0 saturated carbocycles. The number of hydrogen-bond acceptors (Lipinski definition) is 4. The molecule has 0 fully saturated rings. The molecule has 0 atom stereocenters. The zero-order chi connectivity index (χ0) is 17.9. The number of fused-ring (bicyclic) bond motifs is 1. The Morgan fingerprint density at radius 2 is 1.73 bits per heavy atom. The first-order valence-corrected chi connectivity index (χ1v) is 8.41. The van der Waals surface area contributed by atoms with Gasteiger partial charge in [-0.15, -0.1) is 0 Å². The smallest absolute Gasteiger partial charge is 0.178 e. The van der Waals surface area contributed by atoms with Crippen LogP contribution >= 0.6 is 0 Å². The van der Waals surface area contributed by atoms with Gasteiger partial charge in [-0.1, -0.05) is 48.5 Å². The van der Waals surface area contributed by atoms with Crippen LogP contribution in [0.3, 0.4) is 0 Å². The lowest BCUT2D eigenvalue weighted by Crippen LogP contribution is -1.96. The molecular formula is C22H16N4. The van der Waals surface area contributed by atoms with Gasteiger partial charge in [-0.05, 0) is 30.2 Å². The quantitative estimate of drug-likeness (QED) is 0.542. The van der Waals surface area contributed by atoms with Crippen molar-refractivity contribution in [3.8, 4) is 28.8 Å². The van der Waals surface area contributed by atoms with Crippen molar-refractivity contribution in [2.24, 2.45) is 0 Å². The van der Waals surface area contributed by atoms with Gasteiger partial charge in [-0.2, -0.15) is 5.26 Å². The molecule has 4 heteroatoms. The third kappa shape index (κ3) is 3.03. The fourth-order valence-corrected chi connectivity index (χ4v) is 2.91. The van der Waals surface area contributed by atoms with Gasteiger partial charge in [-0.3, -0.25) is 0 Å². The van der Waals surface area contributed by atoms with Crippen LogP contribution in [0.25, 0.3) is 33.7 Å².